The van der Waals surface area contributed by atoms with E-state index in [9.17, 15) is 4.79 Å². The van der Waals surface area contributed by atoms with Crippen molar-refractivity contribution in [2.45, 2.75) is 20.4 Å². The average molecular weight is 268 g/mol. The van der Waals surface area contributed by atoms with Gasteiger partial charge in [0, 0.05) is 5.69 Å². The standard InChI is InChI=1S/C17H20N2O/c1-13-5-3-7-15(9-13)12-19(17(20)11-18)16-8-4-6-14(2)10-16/h3-10H,11-12,18H2,1-2H3. The van der Waals surface area contributed by atoms with Crippen LogP contribution in [0.15, 0.2) is 48.5 Å². The first-order valence-corrected chi connectivity index (χ1v) is 6.73. The van der Waals surface area contributed by atoms with Crippen LogP contribution in [0.3, 0.4) is 0 Å². The SMILES string of the molecule is Cc1cccc(CN(C(=O)CN)c2cccc(C)c2)c1. The fourth-order valence-electron chi connectivity index (χ4n) is 2.22. The Hall–Kier alpha value is -2.13. The molecule has 0 radical (unpaired) electrons. The van der Waals surface area contributed by atoms with E-state index in [2.05, 4.69) is 6.07 Å². The maximum absolute atomic E-state index is 12.1. The lowest BCUT2D eigenvalue weighted by Crippen LogP contribution is -2.35. The van der Waals surface area contributed by atoms with Gasteiger partial charge in [0.25, 0.3) is 0 Å². The molecule has 3 heteroatoms. The molecule has 0 spiro atoms. The van der Waals surface area contributed by atoms with Gasteiger partial charge in [0.05, 0.1) is 13.1 Å². The van der Waals surface area contributed by atoms with E-state index >= 15 is 0 Å². The highest BCUT2D eigenvalue weighted by Crippen LogP contribution is 2.19. The van der Waals surface area contributed by atoms with E-state index in [0.29, 0.717) is 6.54 Å². The summed E-state index contributed by atoms with van der Waals surface area (Å²) >= 11 is 0. The van der Waals surface area contributed by atoms with Crippen LogP contribution in [-0.2, 0) is 11.3 Å². The van der Waals surface area contributed by atoms with Crippen LogP contribution in [0.5, 0.6) is 0 Å². The smallest absolute Gasteiger partial charge is 0.241 e. The fourth-order valence-corrected chi connectivity index (χ4v) is 2.22. The molecule has 0 bridgehead atoms. The molecule has 0 heterocycles. The lowest BCUT2D eigenvalue weighted by molar-refractivity contribution is -0.117. The highest BCUT2D eigenvalue weighted by atomic mass is 16.2. The highest BCUT2D eigenvalue weighted by Gasteiger charge is 2.14. The molecule has 104 valence electrons. The van der Waals surface area contributed by atoms with Gasteiger partial charge in [-0.05, 0) is 37.1 Å². The van der Waals surface area contributed by atoms with E-state index < -0.39 is 0 Å². The van der Waals surface area contributed by atoms with Gasteiger partial charge < -0.3 is 10.6 Å². The van der Waals surface area contributed by atoms with E-state index in [1.165, 1.54) is 5.56 Å². The number of benzene rings is 2. The van der Waals surface area contributed by atoms with E-state index in [1.54, 1.807) is 4.90 Å². The Kier molecular flexibility index (Phi) is 4.53. The molecular formula is C17H20N2O. The zero-order valence-electron chi connectivity index (χ0n) is 12.0. The normalized spacial score (nSPS) is 10.3. The summed E-state index contributed by atoms with van der Waals surface area (Å²) in [5.74, 6) is -0.0721. The average Bonchev–Trinajstić information content (AvgIpc) is 2.44. The first-order chi connectivity index (χ1) is 9.60. The molecule has 2 N–H and O–H groups in total. The summed E-state index contributed by atoms with van der Waals surface area (Å²) in [5.41, 5.74) is 9.85. The van der Waals surface area contributed by atoms with Crippen LogP contribution in [0.2, 0.25) is 0 Å². The Bertz CT molecular complexity index is 607. The van der Waals surface area contributed by atoms with Gasteiger partial charge in [-0.2, -0.15) is 0 Å². The largest absolute Gasteiger partial charge is 0.322 e. The number of aryl methyl sites for hydroxylation is 2. The number of anilines is 1. The third-order valence-electron chi connectivity index (χ3n) is 3.21. The first-order valence-electron chi connectivity index (χ1n) is 6.73. The molecule has 3 nitrogen and oxygen atoms in total. The molecule has 0 aromatic heterocycles. The highest BCUT2D eigenvalue weighted by molar-refractivity contribution is 5.94. The Morgan fingerprint density at radius 1 is 1.05 bits per heavy atom. The summed E-state index contributed by atoms with van der Waals surface area (Å²) in [5, 5.41) is 0. The van der Waals surface area contributed by atoms with Crippen molar-refractivity contribution in [3.8, 4) is 0 Å². The van der Waals surface area contributed by atoms with E-state index in [1.807, 2.05) is 56.3 Å². The Morgan fingerprint density at radius 2 is 1.70 bits per heavy atom. The molecule has 0 fully saturated rings. The van der Waals surface area contributed by atoms with Crippen LogP contribution >= 0.6 is 0 Å². The lowest BCUT2D eigenvalue weighted by atomic mass is 10.1. The maximum Gasteiger partial charge on any atom is 0.241 e. The van der Waals surface area contributed by atoms with Crippen molar-refractivity contribution >= 4 is 11.6 Å². The molecule has 0 aliphatic heterocycles. The fraction of sp³-hybridized carbons (Fsp3) is 0.235. The summed E-state index contributed by atoms with van der Waals surface area (Å²) in [6.45, 7) is 4.62. The van der Waals surface area contributed by atoms with Crippen molar-refractivity contribution in [2.75, 3.05) is 11.4 Å². The van der Waals surface area contributed by atoms with Gasteiger partial charge >= 0.3 is 0 Å². The number of carbonyl (C=O) groups is 1. The third-order valence-corrected chi connectivity index (χ3v) is 3.21. The van der Waals surface area contributed by atoms with Crippen molar-refractivity contribution in [1.82, 2.24) is 0 Å². The number of rotatable bonds is 4. The minimum atomic E-state index is -0.0721. The minimum Gasteiger partial charge on any atom is -0.322 e. The third kappa shape index (κ3) is 3.45. The molecular weight excluding hydrogens is 248 g/mol. The first kappa shape index (κ1) is 14.3. The van der Waals surface area contributed by atoms with Crippen LogP contribution in [0.1, 0.15) is 16.7 Å². The number of nitrogens with zero attached hydrogens (tertiary/aromatic N) is 1. The molecule has 20 heavy (non-hydrogen) atoms. The molecule has 0 aliphatic carbocycles. The molecule has 2 aromatic rings. The van der Waals surface area contributed by atoms with Gasteiger partial charge in [0.1, 0.15) is 0 Å². The number of hydrogen-bond acceptors (Lipinski definition) is 2. The predicted molar refractivity (Wildman–Crippen MR) is 82.6 cm³/mol. The molecule has 0 saturated carbocycles. The summed E-state index contributed by atoms with van der Waals surface area (Å²) in [7, 11) is 0. The van der Waals surface area contributed by atoms with Gasteiger partial charge in [0.2, 0.25) is 5.91 Å². The van der Waals surface area contributed by atoms with Gasteiger partial charge in [0.15, 0.2) is 0 Å². The molecule has 1 amide bonds. The van der Waals surface area contributed by atoms with Gasteiger partial charge in [-0.25, -0.2) is 0 Å². The molecule has 0 aliphatic rings. The summed E-state index contributed by atoms with van der Waals surface area (Å²) < 4.78 is 0. The predicted octanol–water partition coefficient (Wildman–Crippen LogP) is 2.80. The number of carbonyl (C=O) groups excluding carboxylic acids is 1. The second-order valence-electron chi connectivity index (χ2n) is 5.01. The van der Waals surface area contributed by atoms with E-state index in [0.717, 1.165) is 16.8 Å². The monoisotopic (exact) mass is 268 g/mol. The van der Waals surface area contributed by atoms with Crippen LogP contribution in [0.25, 0.3) is 0 Å². The van der Waals surface area contributed by atoms with Crippen molar-refractivity contribution in [3.05, 3.63) is 65.2 Å². The lowest BCUT2D eigenvalue weighted by Gasteiger charge is -2.23. The Morgan fingerprint density at radius 3 is 2.30 bits per heavy atom. The zero-order chi connectivity index (χ0) is 14.5. The van der Waals surface area contributed by atoms with Crippen molar-refractivity contribution in [2.24, 2.45) is 5.73 Å². The minimum absolute atomic E-state index is 0.0136. The molecule has 0 unspecified atom stereocenters. The quantitative estimate of drug-likeness (QED) is 0.926. The van der Waals surface area contributed by atoms with E-state index in [-0.39, 0.29) is 12.5 Å². The molecule has 0 saturated heterocycles. The number of nitrogens with two attached hydrogens (primary N) is 1. The van der Waals surface area contributed by atoms with Gasteiger partial charge in [-0.3, -0.25) is 4.79 Å². The second-order valence-corrected chi connectivity index (χ2v) is 5.01. The summed E-state index contributed by atoms with van der Waals surface area (Å²) in [6, 6.07) is 16.1. The molecule has 0 atom stereocenters. The van der Waals surface area contributed by atoms with Crippen LogP contribution < -0.4 is 10.6 Å². The van der Waals surface area contributed by atoms with Crippen LogP contribution in [0, 0.1) is 13.8 Å². The number of hydrogen-bond donors (Lipinski definition) is 1. The zero-order valence-corrected chi connectivity index (χ0v) is 12.0. The summed E-state index contributed by atoms with van der Waals surface area (Å²) in [6.07, 6.45) is 0. The maximum atomic E-state index is 12.1. The van der Waals surface area contributed by atoms with Gasteiger partial charge in [-0.15, -0.1) is 0 Å². The Balaban J connectivity index is 2.31. The molecule has 2 rings (SSSR count). The van der Waals surface area contributed by atoms with Crippen LogP contribution in [0.4, 0.5) is 5.69 Å². The number of amides is 1. The topological polar surface area (TPSA) is 46.3 Å². The summed E-state index contributed by atoms with van der Waals surface area (Å²) in [4.78, 5) is 13.9. The molecule has 2 aromatic carbocycles. The van der Waals surface area contributed by atoms with Crippen molar-refractivity contribution in [1.29, 1.82) is 0 Å². The van der Waals surface area contributed by atoms with Crippen molar-refractivity contribution < 1.29 is 4.79 Å². The second kappa shape index (κ2) is 6.35. The van der Waals surface area contributed by atoms with Crippen molar-refractivity contribution in [3.63, 3.8) is 0 Å². The van der Waals surface area contributed by atoms with E-state index in [4.69, 9.17) is 5.73 Å². The van der Waals surface area contributed by atoms with Gasteiger partial charge in [-0.1, -0.05) is 42.0 Å². The van der Waals surface area contributed by atoms with Crippen LogP contribution in [-0.4, -0.2) is 12.5 Å². The Labute approximate surface area is 120 Å².